The molecule has 8 heteroatoms. The highest BCUT2D eigenvalue weighted by Gasteiger charge is 2.09. The number of anilines is 1. The fourth-order valence-corrected chi connectivity index (χ4v) is 3.63. The predicted molar refractivity (Wildman–Crippen MR) is 150 cm³/mol. The largest absolute Gasteiger partial charge is 0.357 e. The Morgan fingerprint density at radius 3 is 2.53 bits per heavy atom. The van der Waals surface area contributed by atoms with Crippen LogP contribution in [0, 0.1) is 13.8 Å². The van der Waals surface area contributed by atoms with Gasteiger partial charge in [0.15, 0.2) is 5.96 Å². The molecule has 0 aliphatic carbocycles. The monoisotopic (exact) mass is 574 g/mol. The first-order valence-electron chi connectivity index (χ1n) is 11.5. The Bertz CT molecular complexity index is 1110. The maximum atomic E-state index is 11.9. The molecule has 0 atom stereocenters. The van der Waals surface area contributed by atoms with Crippen LogP contribution in [0.15, 0.2) is 59.6 Å². The van der Waals surface area contributed by atoms with Gasteiger partial charge < -0.3 is 16.0 Å². The quantitative estimate of drug-likeness (QED) is 0.189. The number of benzene rings is 2. The Morgan fingerprint density at radius 1 is 1.03 bits per heavy atom. The van der Waals surface area contributed by atoms with Gasteiger partial charge >= 0.3 is 0 Å². The van der Waals surface area contributed by atoms with E-state index in [1.807, 2.05) is 61.9 Å². The molecule has 0 fully saturated rings. The van der Waals surface area contributed by atoms with Crippen molar-refractivity contribution in [2.75, 3.05) is 11.9 Å². The van der Waals surface area contributed by atoms with Gasteiger partial charge in [-0.1, -0.05) is 37.3 Å². The van der Waals surface area contributed by atoms with Gasteiger partial charge in [-0.05, 0) is 62.6 Å². The summed E-state index contributed by atoms with van der Waals surface area (Å²) >= 11 is 0. The third kappa shape index (κ3) is 7.86. The Hall–Kier alpha value is -2.88. The highest BCUT2D eigenvalue weighted by Crippen LogP contribution is 2.17. The van der Waals surface area contributed by atoms with Crippen molar-refractivity contribution < 1.29 is 4.79 Å². The first-order valence-corrected chi connectivity index (χ1v) is 11.5. The third-order valence-corrected chi connectivity index (χ3v) is 5.13. The van der Waals surface area contributed by atoms with Crippen molar-refractivity contribution in [2.24, 2.45) is 4.99 Å². The summed E-state index contributed by atoms with van der Waals surface area (Å²) in [6, 6.07) is 18.2. The SMILES string of the molecule is CCCC(=O)Nc1cccc(CN=C(NCC)NCc2ccccc2-n2nc(C)cc2C)c1.I. The summed E-state index contributed by atoms with van der Waals surface area (Å²) in [6.07, 6.45) is 1.35. The number of nitrogens with one attached hydrogen (secondary N) is 3. The van der Waals surface area contributed by atoms with E-state index in [2.05, 4.69) is 46.2 Å². The van der Waals surface area contributed by atoms with Crippen molar-refractivity contribution in [2.45, 2.75) is 53.6 Å². The molecule has 182 valence electrons. The lowest BCUT2D eigenvalue weighted by molar-refractivity contribution is -0.116. The molecule has 0 radical (unpaired) electrons. The number of aromatic nitrogens is 2. The summed E-state index contributed by atoms with van der Waals surface area (Å²) in [4.78, 5) is 16.6. The average molecular weight is 575 g/mol. The number of aliphatic imine (C=N–C) groups is 1. The zero-order valence-electron chi connectivity index (χ0n) is 20.4. The second kappa shape index (κ2) is 13.7. The number of para-hydroxylation sites is 1. The van der Waals surface area contributed by atoms with Gasteiger partial charge in [-0.15, -0.1) is 24.0 Å². The zero-order valence-corrected chi connectivity index (χ0v) is 22.7. The number of hydrogen-bond donors (Lipinski definition) is 3. The number of hydrogen-bond acceptors (Lipinski definition) is 3. The fraction of sp³-hybridized carbons (Fsp3) is 0.346. The van der Waals surface area contributed by atoms with Crippen LogP contribution in [0.4, 0.5) is 5.69 Å². The summed E-state index contributed by atoms with van der Waals surface area (Å²) in [7, 11) is 0. The highest BCUT2D eigenvalue weighted by atomic mass is 127. The van der Waals surface area contributed by atoms with E-state index < -0.39 is 0 Å². The maximum Gasteiger partial charge on any atom is 0.224 e. The Kier molecular flexibility index (Phi) is 11.1. The molecule has 0 saturated carbocycles. The van der Waals surface area contributed by atoms with Gasteiger partial charge in [0.05, 0.1) is 17.9 Å². The molecule has 0 aliphatic rings. The minimum absolute atomic E-state index is 0. The van der Waals surface area contributed by atoms with Crippen molar-refractivity contribution in [1.82, 2.24) is 20.4 Å². The minimum atomic E-state index is 0. The molecular weight excluding hydrogens is 539 g/mol. The van der Waals surface area contributed by atoms with Gasteiger partial charge in [-0.25, -0.2) is 9.67 Å². The normalized spacial score (nSPS) is 11.0. The van der Waals surface area contributed by atoms with Crippen molar-refractivity contribution in [3.63, 3.8) is 0 Å². The van der Waals surface area contributed by atoms with Crippen molar-refractivity contribution >= 4 is 41.5 Å². The molecule has 7 nitrogen and oxygen atoms in total. The van der Waals surface area contributed by atoms with Gasteiger partial charge in [-0.3, -0.25) is 4.79 Å². The zero-order chi connectivity index (χ0) is 23.6. The number of carbonyl (C=O) groups excluding carboxylic acids is 1. The molecule has 0 spiro atoms. The summed E-state index contributed by atoms with van der Waals surface area (Å²) in [5.74, 6) is 0.774. The van der Waals surface area contributed by atoms with E-state index in [0.717, 1.165) is 52.8 Å². The fourth-order valence-electron chi connectivity index (χ4n) is 3.63. The predicted octanol–water partition coefficient (Wildman–Crippen LogP) is 5.10. The van der Waals surface area contributed by atoms with E-state index in [9.17, 15) is 4.79 Å². The average Bonchev–Trinajstić information content (AvgIpc) is 3.14. The lowest BCUT2D eigenvalue weighted by Crippen LogP contribution is -2.37. The van der Waals surface area contributed by atoms with Crippen LogP contribution in [0.1, 0.15) is 49.2 Å². The molecule has 2 aromatic carbocycles. The molecule has 1 amide bonds. The second-order valence-electron chi connectivity index (χ2n) is 8.01. The van der Waals surface area contributed by atoms with Crippen LogP contribution in [0.5, 0.6) is 0 Å². The molecule has 3 aromatic rings. The summed E-state index contributed by atoms with van der Waals surface area (Å²) in [6.45, 7) is 10.00. The van der Waals surface area contributed by atoms with E-state index in [1.54, 1.807) is 0 Å². The van der Waals surface area contributed by atoms with Crippen LogP contribution in [0.25, 0.3) is 5.69 Å². The van der Waals surface area contributed by atoms with E-state index in [4.69, 9.17) is 4.99 Å². The smallest absolute Gasteiger partial charge is 0.224 e. The number of guanidine groups is 1. The highest BCUT2D eigenvalue weighted by molar-refractivity contribution is 14.0. The van der Waals surface area contributed by atoms with Gasteiger partial charge in [0, 0.05) is 30.9 Å². The van der Waals surface area contributed by atoms with Crippen LogP contribution in [0.3, 0.4) is 0 Å². The molecule has 3 N–H and O–H groups in total. The molecule has 1 heterocycles. The van der Waals surface area contributed by atoms with E-state index in [-0.39, 0.29) is 29.9 Å². The molecule has 0 saturated heterocycles. The Balaban J connectivity index is 0.00000408. The molecule has 34 heavy (non-hydrogen) atoms. The molecule has 3 rings (SSSR count). The number of aryl methyl sites for hydroxylation is 2. The number of halogens is 1. The Morgan fingerprint density at radius 2 is 1.82 bits per heavy atom. The van der Waals surface area contributed by atoms with Crippen LogP contribution >= 0.6 is 24.0 Å². The molecule has 0 aliphatic heterocycles. The molecular formula is C26H35IN6O. The van der Waals surface area contributed by atoms with Crippen molar-refractivity contribution in [1.29, 1.82) is 0 Å². The van der Waals surface area contributed by atoms with Crippen LogP contribution < -0.4 is 16.0 Å². The molecule has 0 bridgehead atoms. The number of amides is 1. The molecule has 0 unspecified atom stereocenters. The van der Waals surface area contributed by atoms with Gasteiger partial charge in [0.25, 0.3) is 0 Å². The van der Waals surface area contributed by atoms with Gasteiger partial charge in [-0.2, -0.15) is 5.10 Å². The second-order valence-corrected chi connectivity index (χ2v) is 8.01. The lowest BCUT2D eigenvalue weighted by atomic mass is 10.1. The first kappa shape index (κ1) is 27.4. The Labute approximate surface area is 219 Å². The maximum absolute atomic E-state index is 11.9. The van der Waals surface area contributed by atoms with E-state index >= 15 is 0 Å². The van der Waals surface area contributed by atoms with Gasteiger partial charge in [0.2, 0.25) is 5.91 Å². The van der Waals surface area contributed by atoms with Crippen molar-refractivity contribution in [3.8, 4) is 5.69 Å². The minimum Gasteiger partial charge on any atom is -0.357 e. The third-order valence-electron chi connectivity index (χ3n) is 5.13. The number of nitrogens with zero attached hydrogens (tertiary/aromatic N) is 3. The van der Waals surface area contributed by atoms with Crippen molar-refractivity contribution in [3.05, 3.63) is 77.1 Å². The number of rotatable bonds is 9. The van der Waals surface area contributed by atoms with E-state index in [1.165, 1.54) is 0 Å². The number of carbonyl (C=O) groups is 1. The summed E-state index contributed by atoms with van der Waals surface area (Å²) in [5.41, 5.74) is 6.13. The van der Waals surface area contributed by atoms with Crippen LogP contribution in [0.2, 0.25) is 0 Å². The summed E-state index contributed by atoms with van der Waals surface area (Å²) < 4.78 is 1.98. The van der Waals surface area contributed by atoms with Crippen LogP contribution in [-0.4, -0.2) is 28.2 Å². The topological polar surface area (TPSA) is 83.3 Å². The lowest BCUT2D eigenvalue weighted by Gasteiger charge is -2.15. The standard InChI is InChI=1S/C26H34N6O.HI/c1-5-10-25(33)30-23-13-9-11-21(16-23)17-28-26(27-6-2)29-18-22-12-7-8-14-24(22)32-20(4)15-19(3)31-32;/h7-9,11-16H,5-6,10,17-18H2,1-4H3,(H,30,33)(H2,27,28,29);1H. The summed E-state index contributed by atoms with van der Waals surface area (Å²) in [5, 5.41) is 14.3. The van der Waals surface area contributed by atoms with Gasteiger partial charge in [0.1, 0.15) is 0 Å². The first-order chi connectivity index (χ1) is 16.0. The molecule has 1 aromatic heterocycles. The van der Waals surface area contributed by atoms with Crippen LogP contribution in [-0.2, 0) is 17.9 Å². The van der Waals surface area contributed by atoms with E-state index in [0.29, 0.717) is 19.5 Å².